The van der Waals surface area contributed by atoms with Gasteiger partial charge in [-0.3, -0.25) is 0 Å². The Balaban J connectivity index is 2.26. The summed E-state index contributed by atoms with van der Waals surface area (Å²) >= 11 is 0. The molecule has 108 valence electrons. The smallest absolute Gasteiger partial charge is 0.148 e. The molecular weight excluding hydrogens is 262 g/mol. The van der Waals surface area contributed by atoms with Crippen LogP contribution < -0.4 is 5.32 Å². The first-order valence-electron chi connectivity index (χ1n) is 6.88. The fourth-order valence-electron chi connectivity index (χ4n) is 1.96. The molecule has 0 amide bonds. The van der Waals surface area contributed by atoms with Gasteiger partial charge in [-0.1, -0.05) is 54.3 Å². The summed E-state index contributed by atoms with van der Waals surface area (Å²) in [6.07, 6.45) is 0. The SMILES string of the molecule is CC(O)(C#Cc1ccccc1NCCO)c1ccccc1. The molecule has 0 fully saturated rings. The standard InChI is InChI=1S/C18H19NO2/c1-18(21,16-8-3-2-4-9-16)12-11-15-7-5-6-10-17(15)19-13-14-20/h2-10,19-21H,13-14H2,1H3. The molecule has 3 heteroatoms. The molecule has 0 spiro atoms. The summed E-state index contributed by atoms with van der Waals surface area (Å²) in [6.45, 7) is 2.20. The normalized spacial score (nSPS) is 12.9. The minimum Gasteiger partial charge on any atom is -0.395 e. The zero-order valence-corrected chi connectivity index (χ0v) is 12.0. The Bertz CT molecular complexity index is 639. The largest absolute Gasteiger partial charge is 0.395 e. The van der Waals surface area contributed by atoms with E-state index >= 15 is 0 Å². The molecule has 0 aliphatic carbocycles. The van der Waals surface area contributed by atoms with Crippen LogP contribution in [0.3, 0.4) is 0 Å². The van der Waals surface area contributed by atoms with E-state index in [9.17, 15) is 5.11 Å². The molecule has 0 saturated carbocycles. The fourth-order valence-corrected chi connectivity index (χ4v) is 1.96. The van der Waals surface area contributed by atoms with Crippen molar-refractivity contribution in [2.75, 3.05) is 18.5 Å². The molecule has 0 saturated heterocycles. The third-order valence-electron chi connectivity index (χ3n) is 3.13. The second-order valence-corrected chi connectivity index (χ2v) is 4.88. The molecule has 3 nitrogen and oxygen atoms in total. The highest BCUT2D eigenvalue weighted by Gasteiger charge is 2.19. The summed E-state index contributed by atoms with van der Waals surface area (Å²) in [5.74, 6) is 5.93. The monoisotopic (exact) mass is 281 g/mol. The van der Waals surface area contributed by atoms with Crippen LogP contribution in [0.25, 0.3) is 0 Å². The first-order chi connectivity index (χ1) is 10.1. The van der Waals surface area contributed by atoms with E-state index in [1.165, 1.54) is 0 Å². The van der Waals surface area contributed by atoms with Crippen LogP contribution in [0.15, 0.2) is 54.6 Å². The van der Waals surface area contributed by atoms with Crippen LogP contribution in [0.5, 0.6) is 0 Å². The Morgan fingerprint density at radius 2 is 1.71 bits per heavy atom. The van der Waals surface area contributed by atoms with E-state index < -0.39 is 5.60 Å². The van der Waals surface area contributed by atoms with E-state index in [0.29, 0.717) is 6.54 Å². The summed E-state index contributed by atoms with van der Waals surface area (Å²) in [6, 6.07) is 16.9. The maximum atomic E-state index is 10.5. The number of hydrogen-bond acceptors (Lipinski definition) is 3. The van der Waals surface area contributed by atoms with Crippen molar-refractivity contribution in [3.63, 3.8) is 0 Å². The van der Waals surface area contributed by atoms with Crippen LogP contribution in [-0.2, 0) is 5.60 Å². The highest BCUT2D eigenvalue weighted by molar-refractivity contribution is 5.59. The van der Waals surface area contributed by atoms with Crippen LogP contribution >= 0.6 is 0 Å². The molecule has 2 aromatic carbocycles. The Morgan fingerprint density at radius 1 is 1.05 bits per heavy atom. The minimum absolute atomic E-state index is 0.0590. The first-order valence-corrected chi connectivity index (χ1v) is 6.88. The molecular formula is C18H19NO2. The Morgan fingerprint density at radius 3 is 2.43 bits per heavy atom. The molecule has 0 aliphatic heterocycles. The first kappa shape index (κ1) is 15.1. The van der Waals surface area contributed by atoms with E-state index in [-0.39, 0.29) is 6.61 Å². The molecule has 1 unspecified atom stereocenters. The number of aliphatic hydroxyl groups is 2. The van der Waals surface area contributed by atoms with Crippen LogP contribution in [0.1, 0.15) is 18.1 Å². The maximum absolute atomic E-state index is 10.5. The predicted octanol–water partition coefficient (Wildman–Crippen LogP) is 2.35. The number of rotatable bonds is 4. The van der Waals surface area contributed by atoms with E-state index in [2.05, 4.69) is 17.2 Å². The molecule has 0 bridgehead atoms. The Hall–Kier alpha value is -2.28. The minimum atomic E-state index is -1.20. The van der Waals surface area contributed by atoms with Gasteiger partial charge in [0.1, 0.15) is 5.60 Å². The maximum Gasteiger partial charge on any atom is 0.148 e. The lowest BCUT2D eigenvalue weighted by molar-refractivity contribution is 0.122. The number of para-hydroxylation sites is 1. The highest BCUT2D eigenvalue weighted by Crippen LogP contribution is 2.20. The molecule has 0 radical (unpaired) electrons. The molecule has 3 N–H and O–H groups in total. The predicted molar refractivity (Wildman–Crippen MR) is 84.9 cm³/mol. The van der Waals surface area contributed by atoms with Crippen LogP contribution in [0.4, 0.5) is 5.69 Å². The van der Waals surface area contributed by atoms with Crippen molar-refractivity contribution >= 4 is 5.69 Å². The van der Waals surface area contributed by atoms with Gasteiger partial charge in [0.05, 0.1) is 6.61 Å². The lowest BCUT2D eigenvalue weighted by Gasteiger charge is -2.16. The number of anilines is 1. The molecule has 1 atom stereocenters. The van der Waals surface area contributed by atoms with E-state index in [0.717, 1.165) is 16.8 Å². The summed E-state index contributed by atoms with van der Waals surface area (Å²) in [4.78, 5) is 0. The zero-order valence-electron chi connectivity index (χ0n) is 12.0. The van der Waals surface area contributed by atoms with Crippen LogP contribution in [0, 0.1) is 11.8 Å². The third kappa shape index (κ3) is 4.09. The van der Waals surface area contributed by atoms with Gasteiger partial charge in [-0.05, 0) is 24.6 Å². The van der Waals surface area contributed by atoms with Gasteiger partial charge in [0.15, 0.2) is 0 Å². The van der Waals surface area contributed by atoms with Gasteiger partial charge < -0.3 is 15.5 Å². The lowest BCUT2D eigenvalue weighted by atomic mass is 9.96. The number of aliphatic hydroxyl groups excluding tert-OH is 1. The molecule has 21 heavy (non-hydrogen) atoms. The van der Waals surface area contributed by atoms with Crippen molar-refractivity contribution in [2.24, 2.45) is 0 Å². The molecule has 2 aromatic rings. The van der Waals surface area contributed by atoms with Crippen molar-refractivity contribution in [2.45, 2.75) is 12.5 Å². The van der Waals surface area contributed by atoms with Crippen molar-refractivity contribution in [1.29, 1.82) is 0 Å². The average Bonchev–Trinajstić information content (AvgIpc) is 2.52. The Labute approximate surface area is 125 Å². The topological polar surface area (TPSA) is 52.5 Å². The van der Waals surface area contributed by atoms with Gasteiger partial charge >= 0.3 is 0 Å². The van der Waals surface area contributed by atoms with Gasteiger partial charge in [-0.15, -0.1) is 0 Å². The summed E-state index contributed by atoms with van der Waals surface area (Å²) in [7, 11) is 0. The average molecular weight is 281 g/mol. The summed E-state index contributed by atoms with van der Waals surface area (Å²) in [5, 5.41) is 22.5. The number of benzene rings is 2. The van der Waals surface area contributed by atoms with Gasteiger partial charge in [0.2, 0.25) is 0 Å². The molecule has 2 rings (SSSR count). The summed E-state index contributed by atoms with van der Waals surface area (Å²) < 4.78 is 0. The van der Waals surface area contributed by atoms with Crippen LogP contribution in [0.2, 0.25) is 0 Å². The zero-order chi connectivity index (χ0) is 15.1. The number of nitrogens with one attached hydrogen (secondary N) is 1. The second-order valence-electron chi connectivity index (χ2n) is 4.88. The van der Waals surface area contributed by atoms with Gasteiger partial charge in [0.25, 0.3) is 0 Å². The second kappa shape index (κ2) is 6.94. The Kier molecular flexibility index (Phi) is 4.99. The lowest BCUT2D eigenvalue weighted by Crippen LogP contribution is -2.18. The van der Waals surface area contributed by atoms with Crippen LogP contribution in [-0.4, -0.2) is 23.4 Å². The van der Waals surface area contributed by atoms with E-state index in [1.807, 2.05) is 54.6 Å². The molecule has 0 heterocycles. The summed E-state index contributed by atoms with van der Waals surface area (Å²) in [5.41, 5.74) is 1.20. The van der Waals surface area contributed by atoms with Gasteiger partial charge in [-0.2, -0.15) is 0 Å². The van der Waals surface area contributed by atoms with Crippen molar-refractivity contribution in [3.05, 3.63) is 65.7 Å². The molecule has 0 aliphatic rings. The van der Waals surface area contributed by atoms with Gasteiger partial charge in [0, 0.05) is 17.8 Å². The highest BCUT2D eigenvalue weighted by atomic mass is 16.3. The molecule has 0 aromatic heterocycles. The fraction of sp³-hybridized carbons (Fsp3) is 0.222. The quantitative estimate of drug-likeness (QED) is 0.754. The van der Waals surface area contributed by atoms with Crippen molar-refractivity contribution in [3.8, 4) is 11.8 Å². The van der Waals surface area contributed by atoms with E-state index in [4.69, 9.17) is 5.11 Å². The van der Waals surface area contributed by atoms with E-state index in [1.54, 1.807) is 6.92 Å². The van der Waals surface area contributed by atoms with Crippen molar-refractivity contribution in [1.82, 2.24) is 0 Å². The number of hydrogen-bond donors (Lipinski definition) is 3. The van der Waals surface area contributed by atoms with Gasteiger partial charge in [-0.25, -0.2) is 0 Å². The van der Waals surface area contributed by atoms with Crippen molar-refractivity contribution < 1.29 is 10.2 Å². The third-order valence-corrected chi connectivity index (χ3v) is 3.13.